The topological polar surface area (TPSA) is 75.3 Å². The Morgan fingerprint density at radius 2 is 2.17 bits per heavy atom. The molecule has 0 atom stereocenters. The fraction of sp³-hybridized carbons (Fsp3) is 0.400. The number of rotatable bonds is 6. The van der Waals surface area contributed by atoms with Crippen LogP contribution in [-0.2, 0) is 13.0 Å². The molecule has 6 nitrogen and oxygen atoms in total. The Kier molecular flexibility index (Phi) is 9.19. The first-order valence-corrected chi connectivity index (χ1v) is 8.05. The molecule has 0 aliphatic carbocycles. The van der Waals surface area contributed by atoms with Crippen molar-refractivity contribution in [3.05, 3.63) is 45.8 Å². The van der Waals surface area contributed by atoms with Gasteiger partial charge in [0.2, 0.25) is 5.89 Å². The molecule has 2 N–H and O–H groups in total. The molecule has 0 radical (unpaired) electrons. The molecule has 1 heterocycles. The van der Waals surface area contributed by atoms with Gasteiger partial charge in [0.15, 0.2) is 11.8 Å². The van der Waals surface area contributed by atoms with Gasteiger partial charge >= 0.3 is 0 Å². The van der Waals surface area contributed by atoms with Gasteiger partial charge < -0.3 is 15.2 Å². The summed E-state index contributed by atoms with van der Waals surface area (Å²) >= 11 is 3.25. The van der Waals surface area contributed by atoms with Crippen molar-refractivity contribution in [3.63, 3.8) is 0 Å². The average molecular weight is 512 g/mol. The maximum atomic E-state index is 13.7. The molecule has 0 spiro atoms. The summed E-state index contributed by atoms with van der Waals surface area (Å²) in [4.78, 5) is 8.21. The number of aryl methyl sites for hydroxylation is 2. The van der Waals surface area contributed by atoms with Crippen LogP contribution in [0.5, 0.6) is 0 Å². The molecule has 1 aromatic heterocycles. The van der Waals surface area contributed by atoms with Crippen molar-refractivity contribution >= 4 is 45.9 Å². The molecule has 9 heteroatoms. The minimum atomic E-state index is -0.186. The third-order valence-electron chi connectivity index (χ3n) is 3.14. The number of nitrogens with one attached hydrogen (secondary N) is 2. The molecule has 0 bridgehead atoms. The van der Waals surface area contributed by atoms with Gasteiger partial charge in [-0.2, -0.15) is 4.98 Å². The number of hydrogen-bond donors (Lipinski definition) is 2. The van der Waals surface area contributed by atoms with Gasteiger partial charge in [0.05, 0.1) is 6.54 Å². The van der Waals surface area contributed by atoms with E-state index in [0.717, 1.165) is 10.9 Å². The molecule has 0 saturated carbocycles. The van der Waals surface area contributed by atoms with Crippen molar-refractivity contribution in [2.45, 2.75) is 26.3 Å². The van der Waals surface area contributed by atoms with Crippen LogP contribution in [0.25, 0.3) is 0 Å². The number of benzene rings is 1. The second-order valence-corrected chi connectivity index (χ2v) is 5.84. The minimum absolute atomic E-state index is 0. The highest BCUT2D eigenvalue weighted by Gasteiger charge is 2.05. The van der Waals surface area contributed by atoms with Crippen LogP contribution in [0.1, 0.15) is 23.7 Å². The van der Waals surface area contributed by atoms with Crippen LogP contribution in [0.15, 0.2) is 32.2 Å². The van der Waals surface area contributed by atoms with Gasteiger partial charge in [0, 0.05) is 25.0 Å². The van der Waals surface area contributed by atoms with E-state index in [0.29, 0.717) is 42.7 Å². The summed E-state index contributed by atoms with van der Waals surface area (Å²) < 4.78 is 19.3. The highest BCUT2D eigenvalue weighted by atomic mass is 127. The van der Waals surface area contributed by atoms with Gasteiger partial charge in [0.25, 0.3) is 0 Å². The van der Waals surface area contributed by atoms with E-state index >= 15 is 0 Å². The van der Waals surface area contributed by atoms with Crippen molar-refractivity contribution < 1.29 is 8.91 Å². The number of halogens is 3. The summed E-state index contributed by atoms with van der Waals surface area (Å²) in [6.07, 6.45) is 1.45. The summed E-state index contributed by atoms with van der Waals surface area (Å²) in [5.41, 5.74) is 0.709. The van der Waals surface area contributed by atoms with Crippen LogP contribution in [0.4, 0.5) is 4.39 Å². The third-order valence-corrected chi connectivity index (χ3v) is 3.63. The van der Waals surface area contributed by atoms with E-state index in [1.807, 2.05) is 6.07 Å². The molecule has 0 unspecified atom stereocenters. The van der Waals surface area contributed by atoms with Crippen LogP contribution >= 0.6 is 39.9 Å². The molecule has 0 aliphatic rings. The number of nitrogens with zero attached hydrogens (tertiary/aromatic N) is 3. The largest absolute Gasteiger partial charge is 0.356 e. The standard InChI is InChI=1S/C15H19BrFN5O.HI/c1-10-21-14(22-23-10)9-20-15(18-2)19-7-3-4-11-5-6-12(16)8-13(11)17;/h5-6,8H,3-4,7,9H2,1-2H3,(H2,18,19,20);1H. The van der Waals surface area contributed by atoms with Crippen LogP contribution in [0.3, 0.4) is 0 Å². The van der Waals surface area contributed by atoms with Crippen LogP contribution in [0.2, 0.25) is 0 Å². The first-order chi connectivity index (χ1) is 11.1. The molecule has 2 aromatic rings. The van der Waals surface area contributed by atoms with Crippen LogP contribution in [-0.4, -0.2) is 29.7 Å². The summed E-state index contributed by atoms with van der Waals surface area (Å²) in [5, 5.41) is 10.1. The molecule has 0 fully saturated rings. The second kappa shape index (κ2) is 10.6. The van der Waals surface area contributed by atoms with E-state index < -0.39 is 0 Å². The normalized spacial score (nSPS) is 11.1. The average Bonchev–Trinajstić information content (AvgIpc) is 2.94. The maximum absolute atomic E-state index is 13.7. The number of hydrogen-bond acceptors (Lipinski definition) is 4. The Balaban J connectivity index is 0.00000288. The summed E-state index contributed by atoms with van der Waals surface area (Å²) in [6, 6.07) is 5.13. The minimum Gasteiger partial charge on any atom is -0.356 e. The lowest BCUT2D eigenvalue weighted by Crippen LogP contribution is -2.37. The van der Waals surface area contributed by atoms with Gasteiger partial charge in [0.1, 0.15) is 5.82 Å². The molecule has 1 aromatic carbocycles. The van der Waals surface area contributed by atoms with E-state index in [1.165, 1.54) is 6.07 Å². The Bertz CT molecular complexity index is 680. The predicted molar refractivity (Wildman–Crippen MR) is 105 cm³/mol. The fourth-order valence-corrected chi connectivity index (χ4v) is 2.34. The highest BCUT2D eigenvalue weighted by molar-refractivity contribution is 14.0. The zero-order valence-electron chi connectivity index (χ0n) is 13.5. The third kappa shape index (κ3) is 6.71. The molecule has 0 saturated heterocycles. The van der Waals surface area contributed by atoms with E-state index in [1.54, 1.807) is 20.0 Å². The van der Waals surface area contributed by atoms with Crippen molar-refractivity contribution in [3.8, 4) is 0 Å². The monoisotopic (exact) mass is 511 g/mol. The van der Waals surface area contributed by atoms with Crippen molar-refractivity contribution in [1.29, 1.82) is 0 Å². The van der Waals surface area contributed by atoms with Gasteiger partial charge in [-0.15, -0.1) is 24.0 Å². The zero-order chi connectivity index (χ0) is 16.7. The van der Waals surface area contributed by atoms with E-state index in [2.05, 4.69) is 41.7 Å². The van der Waals surface area contributed by atoms with Gasteiger partial charge in [-0.05, 0) is 30.5 Å². The number of guanidine groups is 1. The lowest BCUT2D eigenvalue weighted by molar-refractivity contribution is 0.387. The highest BCUT2D eigenvalue weighted by Crippen LogP contribution is 2.16. The van der Waals surface area contributed by atoms with Crippen molar-refractivity contribution in [2.24, 2.45) is 4.99 Å². The number of aromatic nitrogens is 2. The molecule has 0 amide bonds. The SMILES string of the molecule is CN=C(NCCCc1ccc(Br)cc1F)NCc1noc(C)n1.I. The van der Waals surface area contributed by atoms with Crippen LogP contribution in [0, 0.1) is 12.7 Å². The van der Waals surface area contributed by atoms with E-state index in [9.17, 15) is 4.39 Å². The summed E-state index contributed by atoms with van der Waals surface area (Å²) in [5.74, 6) is 1.56. The first kappa shape index (κ1) is 20.8. The Morgan fingerprint density at radius 1 is 1.38 bits per heavy atom. The molecular weight excluding hydrogens is 492 g/mol. The summed E-state index contributed by atoms with van der Waals surface area (Å²) in [7, 11) is 1.69. The maximum Gasteiger partial charge on any atom is 0.223 e. The molecule has 0 aliphatic heterocycles. The summed E-state index contributed by atoms with van der Waals surface area (Å²) in [6.45, 7) is 2.85. The zero-order valence-corrected chi connectivity index (χ0v) is 17.4. The Morgan fingerprint density at radius 3 is 2.79 bits per heavy atom. The van der Waals surface area contributed by atoms with Crippen molar-refractivity contribution in [2.75, 3.05) is 13.6 Å². The van der Waals surface area contributed by atoms with Crippen LogP contribution < -0.4 is 10.6 Å². The van der Waals surface area contributed by atoms with Gasteiger partial charge in [-0.3, -0.25) is 4.99 Å². The smallest absolute Gasteiger partial charge is 0.223 e. The first-order valence-electron chi connectivity index (χ1n) is 7.26. The quantitative estimate of drug-likeness (QED) is 0.269. The van der Waals surface area contributed by atoms with Crippen molar-refractivity contribution in [1.82, 2.24) is 20.8 Å². The molecule has 132 valence electrons. The second-order valence-electron chi connectivity index (χ2n) is 4.92. The lowest BCUT2D eigenvalue weighted by Gasteiger charge is -2.10. The molecular formula is C15H20BrFIN5O. The predicted octanol–water partition coefficient (Wildman–Crippen LogP) is 3.20. The number of aliphatic imine (C=N–C) groups is 1. The van der Waals surface area contributed by atoms with E-state index in [-0.39, 0.29) is 29.8 Å². The van der Waals surface area contributed by atoms with E-state index in [4.69, 9.17) is 4.52 Å². The Hall–Kier alpha value is -1.23. The fourth-order valence-electron chi connectivity index (χ4n) is 2.01. The Labute approximate surface area is 165 Å². The molecule has 2 rings (SSSR count). The van der Waals surface area contributed by atoms with Gasteiger partial charge in [-0.1, -0.05) is 27.2 Å². The molecule has 24 heavy (non-hydrogen) atoms. The van der Waals surface area contributed by atoms with Gasteiger partial charge in [-0.25, -0.2) is 4.39 Å². The lowest BCUT2D eigenvalue weighted by atomic mass is 10.1.